The third-order valence-electron chi connectivity index (χ3n) is 14.4. The molecule has 23 nitrogen and oxygen atoms in total. The molecule has 0 bridgehead atoms. The van der Waals surface area contributed by atoms with Crippen molar-refractivity contribution in [1.82, 2.24) is 24.2 Å². The number of carbonyl (C=O) groups excluding carboxylic acids is 3. The zero-order valence-corrected chi connectivity index (χ0v) is 46.6. The summed E-state index contributed by atoms with van der Waals surface area (Å²) in [7, 11) is 0.839. The third-order valence-corrected chi connectivity index (χ3v) is 17.3. The Hall–Kier alpha value is -8.33. The maximum atomic E-state index is 14.6. The van der Waals surface area contributed by atoms with Gasteiger partial charge in [-0.15, -0.1) is 0 Å². The number of methoxy groups -OCH3 is 4. The number of nitrogens with zero attached hydrogens (tertiary/aromatic N) is 5. The van der Waals surface area contributed by atoms with E-state index in [1.54, 1.807) is 47.4 Å². The van der Waals surface area contributed by atoms with Crippen molar-refractivity contribution in [2.24, 2.45) is 0 Å². The summed E-state index contributed by atoms with van der Waals surface area (Å²) in [5.74, 6) is -0.366. The number of benzene rings is 4. The number of ether oxygens (including phenoxy) is 7. The first-order chi connectivity index (χ1) is 38.9. The van der Waals surface area contributed by atoms with Crippen LogP contribution in [0.4, 0.5) is 21.0 Å². The Bertz CT molecular complexity index is 3580. The topological polar surface area (TPSA) is 271 Å². The summed E-state index contributed by atoms with van der Waals surface area (Å²) >= 11 is 0. The van der Waals surface area contributed by atoms with Crippen molar-refractivity contribution in [3.63, 3.8) is 0 Å². The molecule has 0 saturated heterocycles. The predicted octanol–water partition coefficient (Wildman–Crippen LogP) is 6.25. The van der Waals surface area contributed by atoms with E-state index in [4.69, 9.17) is 38.1 Å². The number of aromatic nitrogens is 1. The van der Waals surface area contributed by atoms with Crippen LogP contribution < -0.4 is 38.2 Å². The van der Waals surface area contributed by atoms with E-state index in [0.29, 0.717) is 22.5 Å². The molecule has 426 valence electrons. The highest BCUT2D eigenvalue weighted by molar-refractivity contribution is 7.89. The largest absolute Gasteiger partial charge is 0.493 e. The second kappa shape index (κ2) is 23.8. The van der Waals surface area contributed by atoms with Crippen molar-refractivity contribution in [3.05, 3.63) is 149 Å². The standard InChI is InChI=1S/C56H59N7O16S2/c1-8-24-77-56(68)63-44-30-50(48(74-5)28-42(44)52(65)61-23-21-36(26-46(61)54(63)76-7)34-14-18-40(19-15-34)81(71,72)58-3)79-32-38-11-9-10-37(59-38)31-78-49-29-43-41(27-47(49)73-4)51(64)60-22-20-35(25-45(60)53(75-6)62(43)55(66)67)33-12-16-39(17-13-33)80(69,70)57-2/h8-21,27-30,45-46,53-54,57-58H,1,22-26,31-32H2,2-7H3,(H,66,67)/t45-,46-,53?,54?/m0/s1. The first-order valence-electron chi connectivity index (χ1n) is 25.3. The minimum absolute atomic E-state index is 0.00623. The van der Waals surface area contributed by atoms with Gasteiger partial charge in [0.2, 0.25) is 20.0 Å². The summed E-state index contributed by atoms with van der Waals surface area (Å²) in [5, 5.41) is 10.8. The van der Waals surface area contributed by atoms with Gasteiger partial charge in [0.05, 0.1) is 70.0 Å². The van der Waals surface area contributed by atoms with Gasteiger partial charge in [-0.1, -0.05) is 55.1 Å². The molecule has 1 aromatic heterocycles. The maximum Gasteiger partial charge on any atom is 0.416 e. The Morgan fingerprint density at radius 2 is 1.09 bits per heavy atom. The molecular formula is C56H59N7O16S2. The number of rotatable bonds is 18. The Kier molecular flexibility index (Phi) is 16.8. The van der Waals surface area contributed by atoms with E-state index in [1.807, 2.05) is 12.2 Å². The van der Waals surface area contributed by atoms with E-state index in [-0.39, 0.29) is 101 Å². The first-order valence-corrected chi connectivity index (χ1v) is 28.2. The van der Waals surface area contributed by atoms with Gasteiger partial charge >= 0.3 is 12.2 Å². The van der Waals surface area contributed by atoms with Gasteiger partial charge in [0.1, 0.15) is 19.8 Å². The fourth-order valence-corrected chi connectivity index (χ4v) is 11.8. The van der Waals surface area contributed by atoms with Crippen LogP contribution >= 0.6 is 0 Å². The summed E-state index contributed by atoms with van der Waals surface area (Å²) in [4.78, 5) is 66.8. The van der Waals surface area contributed by atoms with E-state index >= 15 is 0 Å². The lowest BCUT2D eigenvalue weighted by molar-refractivity contribution is 0.0175. The summed E-state index contributed by atoms with van der Waals surface area (Å²) < 4.78 is 96.0. The Morgan fingerprint density at radius 3 is 1.48 bits per heavy atom. The van der Waals surface area contributed by atoms with Crippen LogP contribution in [-0.2, 0) is 47.5 Å². The van der Waals surface area contributed by atoms with Crippen LogP contribution in [-0.4, -0.2) is 147 Å². The van der Waals surface area contributed by atoms with Crippen LogP contribution in [0.25, 0.3) is 11.1 Å². The van der Waals surface area contributed by atoms with Gasteiger partial charge in [0.25, 0.3) is 11.8 Å². The van der Waals surface area contributed by atoms with Crippen molar-refractivity contribution in [3.8, 4) is 23.0 Å². The molecule has 4 aromatic carbocycles. The van der Waals surface area contributed by atoms with Gasteiger partial charge < -0.3 is 48.1 Å². The molecule has 81 heavy (non-hydrogen) atoms. The van der Waals surface area contributed by atoms with Crippen molar-refractivity contribution in [1.29, 1.82) is 0 Å². The monoisotopic (exact) mass is 1150 g/mol. The second-order valence-corrected chi connectivity index (χ2v) is 22.5. The lowest BCUT2D eigenvalue weighted by Gasteiger charge is -2.40. The highest BCUT2D eigenvalue weighted by Gasteiger charge is 2.47. The van der Waals surface area contributed by atoms with E-state index in [0.717, 1.165) is 16.0 Å². The van der Waals surface area contributed by atoms with Crippen LogP contribution in [0.1, 0.15) is 56.1 Å². The molecule has 0 aliphatic carbocycles. The average molecular weight is 1150 g/mol. The number of sulfonamides is 2. The number of amides is 4. The summed E-state index contributed by atoms with van der Waals surface area (Å²) in [6.07, 6.45) is 1.00. The number of fused-ring (bicyclic) bond motifs is 4. The Labute approximate surface area is 468 Å². The first kappa shape index (κ1) is 57.4. The predicted molar refractivity (Wildman–Crippen MR) is 295 cm³/mol. The van der Waals surface area contributed by atoms with Crippen LogP contribution in [0.2, 0.25) is 0 Å². The molecule has 3 N–H and O–H groups in total. The summed E-state index contributed by atoms with van der Waals surface area (Å²) in [5.41, 5.74) is 4.05. The molecule has 0 fully saturated rings. The fraction of sp³-hybridized carbons (Fsp3) is 0.304. The van der Waals surface area contributed by atoms with Crippen molar-refractivity contribution in [2.45, 2.75) is 60.4 Å². The fourth-order valence-electron chi connectivity index (χ4n) is 10.3. The zero-order chi connectivity index (χ0) is 57.9. The average Bonchev–Trinajstić information content (AvgIpc) is 3.44. The molecule has 5 aromatic rings. The number of carboxylic acid groups (broad SMARTS) is 1. The number of nitrogens with one attached hydrogen (secondary N) is 2. The van der Waals surface area contributed by atoms with Crippen LogP contribution in [0.5, 0.6) is 23.0 Å². The molecule has 0 radical (unpaired) electrons. The van der Waals surface area contributed by atoms with Gasteiger partial charge in [-0.2, -0.15) is 0 Å². The summed E-state index contributed by atoms with van der Waals surface area (Å²) in [6.45, 7) is 3.44. The normalized spacial score (nSPS) is 18.9. The van der Waals surface area contributed by atoms with Gasteiger partial charge in [-0.3, -0.25) is 14.6 Å². The molecular weight excluding hydrogens is 1090 g/mol. The lowest BCUT2D eigenvalue weighted by atomic mass is 9.93. The molecule has 4 amide bonds. The van der Waals surface area contributed by atoms with Gasteiger partial charge in [-0.05, 0) is 97.7 Å². The van der Waals surface area contributed by atoms with Crippen LogP contribution in [0.3, 0.4) is 0 Å². The maximum absolute atomic E-state index is 14.6. The highest BCUT2D eigenvalue weighted by atomic mass is 32.2. The van der Waals surface area contributed by atoms with Gasteiger partial charge in [-0.25, -0.2) is 45.7 Å². The molecule has 0 saturated carbocycles. The lowest BCUT2D eigenvalue weighted by Crippen LogP contribution is -2.55. The number of pyridine rings is 1. The van der Waals surface area contributed by atoms with Gasteiger partial charge in [0.15, 0.2) is 35.5 Å². The molecule has 5 heterocycles. The molecule has 9 rings (SSSR count). The summed E-state index contributed by atoms with van der Waals surface area (Å²) in [6, 6.07) is 22.0. The molecule has 4 aliphatic heterocycles. The zero-order valence-electron chi connectivity index (χ0n) is 45.0. The molecule has 0 spiro atoms. The van der Waals surface area contributed by atoms with E-state index in [2.05, 4.69) is 16.0 Å². The van der Waals surface area contributed by atoms with Crippen LogP contribution in [0.15, 0.2) is 126 Å². The minimum Gasteiger partial charge on any atom is -0.493 e. The molecule has 2 unspecified atom stereocenters. The highest BCUT2D eigenvalue weighted by Crippen LogP contribution is 2.45. The van der Waals surface area contributed by atoms with Crippen molar-refractivity contribution in [2.75, 3.05) is 72.0 Å². The van der Waals surface area contributed by atoms with E-state index in [9.17, 15) is 41.1 Å². The van der Waals surface area contributed by atoms with Crippen molar-refractivity contribution >= 4 is 66.6 Å². The smallest absolute Gasteiger partial charge is 0.416 e. The Balaban J connectivity index is 0.950. The van der Waals surface area contributed by atoms with E-state index < -0.39 is 68.6 Å². The third kappa shape index (κ3) is 11.3. The number of hydrogen-bond acceptors (Lipinski definition) is 16. The van der Waals surface area contributed by atoms with Crippen molar-refractivity contribution < 1.29 is 74.3 Å². The SMILES string of the molecule is C=CCOC(=O)N1c2cc(OCc3cccc(COc4cc5c(cc4OC)C(=O)N4CC=C(c6ccc(S(=O)(=O)NC)cc6)C[C@H]4C(OC)N5C(=O)O)n3)c(OC)cc2C(=O)N2CC=C(c3ccc(S(=O)(=O)NC)cc3)C[C@H]2C1OC. The number of carbonyl (C=O) groups is 4. The number of hydrogen-bond donors (Lipinski definition) is 3. The van der Waals surface area contributed by atoms with Gasteiger partial charge in [0, 0.05) is 39.4 Å². The molecule has 4 aliphatic rings. The van der Waals surface area contributed by atoms with E-state index in [1.165, 1.54) is 107 Å². The molecule has 25 heteroatoms. The van der Waals surface area contributed by atoms with Crippen LogP contribution in [0, 0.1) is 0 Å². The number of anilines is 2. The Morgan fingerprint density at radius 1 is 0.654 bits per heavy atom. The quantitative estimate of drug-likeness (QED) is 0.0818. The molecule has 4 atom stereocenters. The second-order valence-electron chi connectivity index (χ2n) is 18.8. The minimum atomic E-state index is -3.69.